The zero-order valence-corrected chi connectivity index (χ0v) is 12.5. The van der Waals surface area contributed by atoms with E-state index in [1.807, 2.05) is 30.3 Å². The van der Waals surface area contributed by atoms with E-state index in [0.29, 0.717) is 11.0 Å². The molecule has 0 saturated carbocycles. The molecule has 5 heteroatoms. The predicted octanol–water partition coefficient (Wildman–Crippen LogP) is 4.89. The normalized spacial score (nSPS) is 10.8. The van der Waals surface area contributed by atoms with Gasteiger partial charge in [-0.3, -0.25) is 4.98 Å². The average Bonchev–Trinajstić information content (AvgIpc) is 2.46. The van der Waals surface area contributed by atoms with Crippen LogP contribution in [0.2, 0.25) is 0 Å². The molecule has 0 aliphatic heterocycles. The van der Waals surface area contributed by atoms with Crippen LogP contribution in [-0.2, 0) is 6.54 Å². The fraction of sp³-hybridized carbons (Fsp3) is 0.0625. The molecule has 106 valence electrons. The molecular weight excluding hydrogens is 338 g/mol. The van der Waals surface area contributed by atoms with Crippen LogP contribution in [0.25, 0.3) is 10.9 Å². The number of hydrogen-bond donors (Lipinski definition) is 1. The van der Waals surface area contributed by atoms with E-state index >= 15 is 0 Å². The minimum absolute atomic E-state index is 0.252. The quantitative estimate of drug-likeness (QED) is 0.728. The molecule has 1 heterocycles. The van der Waals surface area contributed by atoms with Crippen molar-refractivity contribution in [3.63, 3.8) is 0 Å². The first kappa shape index (κ1) is 13.9. The molecule has 2 nitrogen and oxygen atoms in total. The maximum atomic E-state index is 13.7. The number of pyridine rings is 1. The van der Waals surface area contributed by atoms with Gasteiger partial charge in [0.15, 0.2) is 0 Å². The first-order chi connectivity index (χ1) is 10.1. The van der Waals surface area contributed by atoms with Gasteiger partial charge in [-0.15, -0.1) is 0 Å². The molecule has 0 atom stereocenters. The molecule has 0 aliphatic rings. The molecule has 0 fully saturated rings. The van der Waals surface area contributed by atoms with Crippen molar-refractivity contribution >= 4 is 32.5 Å². The zero-order chi connectivity index (χ0) is 14.8. The van der Waals surface area contributed by atoms with Crippen LogP contribution < -0.4 is 5.32 Å². The van der Waals surface area contributed by atoms with Gasteiger partial charge >= 0.3 is 0 Å². The van der Waals surface area contributed by atoms with Gasteiger partial charge in [-0.25, -0.2) is 8.78 Å². The Labute approximate surface area is 129 Å². The second kappa shape index (κ2) is 5.77. The summed E-state index contributed by atoms with van der Waals surface area (Å²) in [6.45, 7) is 0.436. The van der Waals surface area contributed by atoms with Gasteiger partial charge in [-0.1, -0.05) is 12.1 Å². The molecule has 3 aromatic rings. The van der Waals surface area contributed by atoms with Gasteiger partial charge in [-0.2, -0.15) is 0 Å². The minimum Gasteiger partial charge on any atom is -0.378 e. The fourth-order valence-electron chi connectivity index (χ4n) is 2.14. The van der Waals surface area contributed by atoms with E-state index in [-0.39, 0.29) is 5.69 Å². The van der Waals surface area contributed by atoms with Crippen molar-refractivity contribution in [3.8, 4) is 0 Å². The highest BCUT2D eigenvalue weighted by Crippen LogP contribution is 2.27. The number of rotatable bonds is 3. The Morgan fingerprint density at radius 1 is 1.10 bits per heavy atom. The summed E-state index contributed by atoms with van der Waals surface area (Å²) in [5.74, 6) is -1.23. The van der Waals surface area contributed by atoms with E-state index in [0.717, 1.165) is 22.5 Å². The van der Waals surface area contributed by atoms with Gasteiger partial charge in [0.2, 0.25) is 0 Å². The Bertz CT molecular complexity index is 782. The van der Waals surface area contributed by atoms with Crippen molar-refractivity contribution in [2.24, 2.45) is 0 Å². The third kappa shape index (κ3) is 3.03. The molecule has 1 N–H and O–H groups in total. The predicted molar refractivity (Wildman–Crippen MR) is 83.1 cm³/mol. The lowest BCUT2D eigenvalue weighted by atomic mass is 10.1. The van der Waals surface area contributed by atoms with E-state index in [4.69, 9.17) is 0 Å². The van der Waals surface area contributed by atoms with E-state index in [1.54, 1.807) is 6.20 Å². The van der Waals surface area contributed by atoms with Crippen LogP contribution in [0.5, 0.6) is 0 Å². The van der Waals surface area contributed by atoms with Crippen molar-refractivity contribution in [2.75, 3.05) is 5.32 Å². The smallest absolute Gasteiger partial charge is 0.150 e. The Kier molecular flexibility index (Phi) is 3.84. The molecule has 1 aromatic heterocycles. The average molecular weight is 349 g/mol. The Morgan fingerprint density at radius 2 is 1.95 bits per heavy atom. The summed E-state index contributed by atoms with van der Waals surface area (Å²) in [7, 11) is 0. The van der Waals surface area contributed by atoms with Crippen molar-refractivity contribution < 1.29 is 8.78 Å². The Hall–Kier alpha value is -2.01. The number of nitrogens with zero attached hydrogens (tertiary/aromatic N) is 1. The summed E-state index contributed by atoms with van der Waals surface area (Å²) < 4.78 is 27.1. The number of benzene rings is 2. The van der Waals surface area contributed by atoms with E-state index < -0.39 is 11.6 Å². The number of nitrogens with one attached hydrogen (secondary N) is 1. The number of fused-ring (bicyclic) bond motifs is 1. The molecule has 0 saturated heterocycles. The van der Waals surface area contributed by atoms with Crippen molar-refractivity contribution in [2.45, 2.75) is 6.54 Å². The molecule has 0 bridgehead atoms. The van der Waals surface area contributed by atoms with Crippen molar-refractivity contribution in [1.29, 1.82) is 0 Å². The highest BCUT2D eigenvalue weighted by molar-refractivity contribution is 9.10. The van der Waals surface area contributed by atoms with Crippen LogP contribution in [0.15, 0.2) is 53.1 Å². The Morgan fingerprint density at radius 3 is 2.76 bits per heavy atom. The number of aromatic nitrogens is 1. The first-order valence-electron chi connectivity index (χ1n) is 6.35. The van der Waals surface area contributed by atoms with E-state index in [9.17, 15) is 8.78 Å². The lowest BCUT2D eigenvalue weighted by Gasteiger charge is -2.10. The monoisotopic (exact) mass is 348 g/mol. The van der Waals surface area contributed by atoms with Crippen LogP contribution >= 0.6 is 15.9 Å². The zero-order valence-electron chi connectivity index (χ0n) is 10.9. The van der Waals surface area contributed by atoms with Crippen LogP contribution in [0, 0.1) is 11.6 Å². The minimum atomic E-state index is -0.621. The van der Waals surface area contributed by atoms with E-state index in [1.165, 1.54) is 6.07 Å². The van der Waals surface area contributed by atoms with Gasteiger partial charge in [-0.05, 0) is 45.8 Å². The van der Waals surface area contributed by atoms with Crippen LogP contribution in [0.3, 0.4) is 0 Å². The van der Waals surface area contributed by atoms with Gasteiger partial charge in [0.1, 0.15) is 11.6 Å². The molecule has 0 radical (unpaired) electrons. The van der Waals surface area contributed by atoms with Gasteiger partial charge < -0.3 is 5.32 Å². The molecule has 0 unspecified atom stereocenters. The van der Waals surface area contributed by atoms with Crippen molar-refractivity contribution in [3.05, 3.63) is 70.3 Å². The molecule has 3 rings (SSSR count). The van der Waals surface area contributed by atoms with Crippen molar-refractivity contribution in [1.82, 2.24) is 4.98 Å². The molecular formula is C16H11BrF2N2. The standard InChI is InChI=1S/C16H11BrF2N2/c17-13-7-12(18)8-14(19)16(13)21-9-10-3-4-15-11(6-10)2-1-5-20-15/h1-8,21H,9H2. The van der Waals surface area contributed by atoms with Crippen LogP contribution in [0.4, 0.5) is 14.5 Å². The SMILES string of the molecule is Fc1cc(F)c(NCc2ccc3ncccc3c2)c(Br)c1. The molecule has 21 heavy (non-hydrogen) atoms. The molecule has 0 amide bonds. The second-order valence-electron chi connectivity index (χ2n) is 4.63. The van der Waals surface area contributed by atoms with E-state index in [2.05, 4.69) is 26.2 Å². The summed E-state index contributed by atoms with van der Waals surface area (Å²) >= 11 is 3.16. The summed E-state index contributed by atoms with van der Waals surface area (Å²) in [5, 5.41) is 4.00. The van der Waals surface area contributed by atoms with Gasteiger partial charge in [0.05, 0.1) is 11.2 Å². The van der Waals surface area contributed by atoms with Crippen LogP contribution in [-0.4, -0.2) is 4.98 Å². The van der Waals surface area contributed by atoms with Gasteiger partial charge in [0.25, 0.3) is 0 Å². The number of hydrogen-bond acceptors (Lipinski definition) is 2. The lowest BCUT2D eigenvalue weighted by molar-refractivity contribution is 0.583. The van der Waals surface area contributed by atoms with Crippen LogP contribution in [0.1, 0.15) is 5.56 Å². The maximum absolute atomic E-state index is 13.7. The van der Waals surface area contributed by atoms with Gasteiger partial charge in [0, 0.05) is 28.7 Å². The second-order valence-corrected chi connectivity index (χ2v) is 5.48. The maximum Gasteiger partial charge on any atom is 0.150 e. The third-order valence-electron chi connectivity index (χ3n) is 3.14. The lowest BCUT2D eigenvalue weighted by Crippen LogP contribution is -2.03. The highest BCUT2D eigenvalue weighted by atomic mass is 79.9. The summed E-state index contributed by atoms with van der Waals surface area (Å²) in [6.07, 6.45) is 1.74. The number of anilines is 1. The fourth-order valence-corrected chi connectivity index (χ4v) is 2.68. The topological polar surface area (TPSA) is 24.9 Å². The molecule has 0 aliphatic carbocycles. The molecule has 2 aromatic carbocycles. The summed E-state index contributed by atoms with van der Waals surface area (Å²) in [5.41, 5.74) is 2.16. The summed E-state index contributed by atoms with van der Waals surface area (Å²) in [4.78, 5) is 4.25. The summed E-state index contributed by atoms with van der Waals surface area (Å²) in [6, 6.07) is 11.8. The highest BCUT2D eigenvalue weighted by Gasteiger charge is 2.09. The number of halogens is 3. The first-order valence-corrected chi connectivity index (χ1v) is 7.15. The molecule has 0 spiro atoms. The third-order valence-corrected chi connectivity index (χ3v) is 3.77. The largest absolute Gasteiger partial charge is 0.378 e. The Balaban J connectivity index is 1.83.